The Morgan fingerprint density at radius 2 is 1.76 bits per heavy atom. The largest absolute Gasteiger partial charge is 0.493 e. The van der Waals surface area contributed by atoms with Crippen LogP contribution in [-0.2, 0) is 9.53 Å². The summed E-state index contributed by atoms with van der Waals surface area (Å²) in [5.41, 5.74) is 2.09. The zero-order valence-corrected chi connectivity index (χ0v) is 21.7. The summed E-state index contributed by atoms with van der Waals surface area (Å²) in [6.45, 7) is 4.30. The van der Waals surface area contributed by atoms with Gasteiger partial charge in [0.15, 0.2) is 5.65 Å². The van der Waals surface area contributed by atoms with Crippen molar-refractivity contribution in [1.82, 2.24) is 14.6 Å². The second-order valence-electron chi connectivity index (χ2n) is 8.62. The summed E-state index contributed by atoms with van der Waals surface area (Å²) in [5.74, 6) is -1.74. The number of morpholine rings is 1. The molecule has 0 N–H and O–H groups in total. The number of carbonyl (C=O) groups excluding carboxylic acids is 1. The molecule has 0 saturated carbocycles. The normalized spacial score (nSPS) is 14.5. The van der Waals surface area contributed by atoms with Crippen LogP contribution in [0.4, 0.5) is 13.2 Å². The molecule has 7 nitrogen and oxygen atoms in total. The number of nitrogens with zero attached hydrogens (tertiary/aromatic N) is 3. The van der Waals surface area contributed by atoms with E-state index in [1.807, 2.05) is 24.3 Å². The molecule has 0 atom stereocenters. The number of hydrogen-bond acceptors (Lipinski definition) is 6. The van der Waals surface area contributed by atoms with E-state index in [0.717, 1.165) is 24.4 Å². The van der Waals surface area contributed by atoms with Gasteiger partial charge in [-0.3, -0.25) is 4.90 Å². The number of benzene rings is 2. The van der Waals surface area contributed by atoms with E-state index in [1.165, 1.54) is 6.20 Å². The molecule has 1 fully saturated rings. The highest BCUT2D eigenvalue weighted by Gasteiger charge is 2.43. The number of hydrogen-bond donors (Lipinski definition) is 0. The fraction of sp³-hybridized carbons (Fsp3) is 0.259. The van der Waals surface area contributed by atoms with Gasteiger partial charge in [-0.2, -0.15) is 17.9 Å². The van der Waals surface area contributed by atoms with Gasteiger partial charge in [0, 0.05) is 46.8 Å². The van der Waals surface area contributed by atoms with Crippen LogP contribution in [0.15, 0.2) is 71.3 Å². The Morgan fingerprint density at radius 3 is 2.50 bits per heavy atom. The molecular weight excluding hydrogens is 567 g/mol. The zero-order valence-electron chi connectivity index (χ0n) is 20.1. The molecule has 0 aliphatic carbocycles. The van der Waals surface area contributed by atoms with Crippen LogP contribution >= 0.6 is 15.9 Å². The predicted octanol–water partition coefficient (Wildman–Crippen LogP) is 5.36. The molecule has 1 saturated heterocycles. The summed E-state index contributed by atoms with van der Waals surface area (Å²) < 4.78 is 52.5. The second-order valence-corrected chi connectivity index (χ2v) is 9.53. The van der Waals surface area contributed by atoms with Gasteiger partial charge in [0.05, 0.1) is 18.9 Å². The lowest BCUT2D eigenvalue weighted by Gasteiger charge is -2.26. The number of alkyl halides is 3. The van der Waals surface area contributed by atoms with E-state index in [-0.39, 0.29) is 11.3 Å². The lowest BCUT2D eigenvalue weighted by atomic mass is 9.99. The van der Waals surface area contributed by atoms with Crippen LogP contribution in [0.5, 0.6) is 5.75 Å². The lowest BCUT2D eigenvalue weighted by Crippen LogP contribution is -2.38. The van der Waals surface area contributed by atoms with Crippen LogP contribution in [-0.4, -0.2) is 66.2 Å². The highest BCUT2D eigenvalue weighted by Crippen LogP contribution is 2.41. The topological polar surface area (TPSA) is 65.8 Å². The van der Waals surface area contributed by atoms with Gasteiger partial charge in [-0.05, 0) is 39.7 Å². The predicted molar refractivity (Wildman–Crippen MR) is 139 cm³/mol. The smallest absolute Gasteiger partial charge is 0.492 e. The van der Waals surface area contributed by atoms with E-state index in [1.54, 1.807) is 36.4 Å². The molecule has 5 rings (SSSR count). The third kappa shape index (κ3) is 5.69. The van der Waals surface area contributed by atoms with Crippen molar-refractivity contribution in [3.8, 4) is 28.1 Å². The van der Waals surface area contributed by atoms with Crippen LogP contribution in [0.25, 0.3) is 33.4 Å². The summed E-state index contributed by atoms with van der Waals surface area (Å²) >= 11 is 3.40. The van der Waals surface area contributed by atoms with E-state index in [9.17, 15) is 18.0 Å². The molecule has 4 aromatic rings. The number of rotatable bonds is 7. The molecule has 11 heteroatoms. The van der Waals surface area contributed by atoms with Crippen molar-refractivity contribution in [1.29, 1.82) is 0 Å². The fourth-order valence-corrected chi connectivity index (χ4v) is 4.68. The molecule has 0 radical (unpaired) electrons. The lowest BCUT2D eigenvalue weighted by molar-refractivity contribution is -0.199. The first-order chi connectivity index (χ1) is 18.3. The van der Waals surface area contributed by atoms with Gasteiger partial charge in [0.25, 0.3) is 0 Å². The quantitative estimate of drug-likeness (QED) is 0.289. The highest BCUT2D eigenvalue weighted by molar-refractivity contribution is 9.10. The van der Waals surface area contributed by atoms with Crippen LogP contribution in [0, 0.1) is 0 Å². The van der Waals surface area contributed by atoms with Gasteiger partial charge in [0.2, 0.25) is 0 Å². The third-order valence-corrected chi connectivity index (χ3v) is 6.52. The second kappa shape index (κ2) is 11.1. The first-order valence-corrected chi connectivity index (χ1v) is 12.7. The minimum atomic E-state index is -5.19. The molecule has 1 aliphatic heterocycles. The molecule has 3 heterocycles. The first kappa shape index (κ1) is 26.2. The number of halogens is 4. The average molecular weight is 590 g/mol. The molecule has 0 amide bonds. The minimum Gasteiger partial charge on any atom is -0.492 e. The third-order valence-electron chi connectivity index (χ3n) is 6.09. The Hall–Kier alpha value is -3.41. The maximum absolute atomic E-state index is 13.2. The van der Waals surface area contributed by atoms with Gasteiger partial charge < -0.3 is 14.3 Å². The number of aromatic nitrogens is 2. The Labute approximate surface area is 224 Å². The maximum Gasteiger partial charge on any atom is 0.493 e. The van der Waals surface area contributed by atoms with Crippen molar-refractivity contribution in [2.75, 3.05) is 39.5 Å². The van der Waals surface area contributed by atoms with E-state index in [0.29, 0.717) is 52.1 Å². The number of fused-ring (bicyclic) bond motifs is 1. The van der Waals surface area contributed by atoms with Gasteiger partial charge in [-0.15, -0.1) is 0 Å². The molecule has 198 valence electrons. The average Bonchev–Trinajstić information content (AvgIpc) is 3.22. The van der Waals surface area contributed by atoms with Crippen molar-refractivity contribution in [3.05, 3.63) is 71.3 Å². The Kier molecular flexibility index (Phi) is 7.68. The van der Waals surface area contributed by atoms with Crippen molar-refractivity contribution in [2.45, 2.75) is 6.18 Å². The molecule has 38 heavy (non-hydrogen) atoms. The van der Waals surface area contributed by atoms with Crippen molar-refractivity contribution < 1.29 is 32.3 Å². The van der Waals surface area contributed by atoms with Gasteiger partial charge in [-0.25, -0.2) is 9.78 Å². The summed E-state index contributed by atoms with van der Waals surface area (Å²) in [4.78, 5) is 23.4. The maximum atomic E-state index is 13.2. The minimum absolute atomic E-state index is 0.0679. The fourth-order valence-electron chi connectivity index (χ4n) is 4.35. The Bertz CT molecular complexity index is 1440. The van der Waals surface area contributed by atoms with Crippen LogP contribution in [0.2, 0.25) is 0 Å². The molecule has 2 aromatic heterocycles. The van der Waals surface area contributed by atoms with Crippen molar-refractivity contribution >= 4 is 32.9 Å². The molecular formula is C27H23BrF3N3O4. The molecule has 0 unspecified atom stereocenters. The summed E-state index contributed by atoms with van der Waals surface area (Å²) in [5, 5.41) is 0.499. The zero-order chi connectivity index (χ0) is 26.7. The number of carbonyl (C=O) groups is 1. The van der Waals surface area contributed by atoms with E-state index in [2.05, 4.69) is 25.8 Å². The van der Waals surface area contributed by atoms with E-state index in [4.69, 9.17) is 14.3 Å². The number of pyridine rings is 1. The SMILES string of the molecule is O=C(On1c(-c2ccccc2)c(-c2cccc(OCCN3CCOCC3)c2)c2cc(Br)cnc21)C(F)(F)F. The van der Waals surface area contributed by atoms with Gasteiger partial charge in [0.1, 0.15) is 12.4 Å². The Morgan fingerprint density at radius 1 is 1.03 bits per heavy atom. The van der Waals surface area contributed by atoms with Crippen LogP contribution < -0.4 is 9.57 Å². The summed E-state index contributed by atoms with van der Waals surface area (Å²) in [6, 6.07) is 17.8. The molecule has 2 aromatic carbocycles. The van der Waals surface area contributed by atoms with Crippen molar-refractivity contribution in [2.24, 2.45) is 0 Å². The molecule has 1 aliphatic rings. The van der Waals surface area contributed by atoms with Crippen LogP contribution in [0.3, 0.4) is 0 Å². The summed E-state index contributed by atoms with van der Waals surface area (Å²) in [6.07, 6.45) is -3.75. The molecule has 0 spiro atoms. The van der Waals surface area contributed by atoms with Crippen molar-refractivity contribution in [3.63, 3.8) is 0 Å². The Balaban J connectivity index is 1.59. The van der Waals surface area contributed by atoms with Crippen LogP contribution in [0.1, 0.15) is 0 Å². The standard InChI is InChI=1S/C27H23BrF3N3O4/c28-20-16-22-23(19-7-4-8-21(15-19)37-14-11-33-9-12-36-13-10-33)24(18-5-2-1-3-6-18)34(25(22)32-17-20)38-26(35)27(29,30)31/h1-8,15-17H,9-14H2. The monoisotopic (exact) mass is 589 g/mol. The summed E-state index contributed by atoms with van der Waals surface area (Å²) in [7, 11) is 0. The van der Waals surface area contributed by atoms with Gasteiger partial charge >= 0.3 is 12.1 Å². The van der Waals surface area contributed by atoms with E-state index < -0.39 is 12.1 Å². The first-order valence-electron chi connectivity index (χ1n) is 11.9. The van der Waals surface area contributed by atoms with Gasteiger partial charge in [-0.1, -0.05) is 42.5 Å². The number of ether oxygens (including phenoxy) is 2. The van der Waals surface area contributed by atoms with E-state index >= 15 is 0 Å². The highest BCUT2D eigenvalue weighted by atomic mass is 79.9. The molecule has 0 bridgehead atoms.